The van der Waals surface area contributed by atoms with Crippen LogP contribution in [0.5, 0.6) is 0 Å². The highest BCUT2D eigenvalue weighted by Crippen LogP contribution is 2.78. The molecule has 7 unspecified atom stereocenters. The van der Waals surface area contributed by atoms with Crippen molar-refractivity contribution in [3.05, 3.63) is 0 Å². The summed E-state index contributed by atoms with van der Waals surface area (Å²) < 4.78 is 0. The zero-order valence-electron chi connectivity index (χ0n) is 14.7. The van der Waals surface area contributed by atoms with Crippen molar-refractivity contribution < 1.29 is 5.11 Å². The summed E-state index contributed by atoms with van der Waals surface area (Å²) in [6.45, 7) is 12.4. The van der Waals surface area contributed by atoms with Gasteiger partial charge in [-0.3, -0.25) is 0 Å². The first-order valence-electron chi connectivity index (χ1n) is 9.37. The molecule has 4 fully saturated rings. The third-order valence-electron chi connectivity index (χ3n) is 9.34. The Balaban J connectivity index is 1.91. The predicted molar refractivity (Wildman–Crippen MR) is 86.9 cm³/mol. The second-order valence-corrected chi connectivity index (χ2v) is 10.3. The SMILES string of the molecule is CC1CCC2CC3(C)CCC4C3C1(CCC4(C)O)C2(C)C. The largest absolute Gasteiger partial charge is 0.390 e. The molecule has 4 aliphatic carbocycles. The van der Waals surface area contributed by atoms with E-state index in [0.717, 1.165) is 24.2 Å². The summed E-state index contributed by atoms with van der Waals surface area (Å²) in [7, 11) is 0. The van der Waals surface area contributed by atoms with Crippen LogP contribution in [-0.4, -0.2) is 10.7 Å². The van der Waals surface area contributed by atoms with Crippen molar-refractivity contribution in [1.29, 1.82) is 0 Å². The zero-order chi connectivity index (χ0) is 15.3. The Kier molecular flexibility index (Phi) is 2.69. The first-order valence-corrected chi connectivity index (χ1v) is 9.37. The molecule has 4 rings (SSSR count). The van der Waals surface area contributed by atoms with Gasteiger partial charge >= 0.3 is 0 Å². The van der Waals surface area contributed by atoms with Crippen LogP contribution >= 0.6 is 0 Å². The fourth-order valence-corrected chi connectivity index (χ4v) is 8.25. The lowest BCUT2D eigenvalue weighted by atomic mass is 9.33. The molecule has 0 amide bonds. The minimum absolute atomic E-state index is 0.409. The van der Waals surface area contributed by atoms with E-state index in [-0.39, 0.29) is 0 Å². The van der Waals surface area contributed by atoms with Gasteiger partial charge in [-0.25, -0.2) is 0 Å². The van der Waals surface area contributed by atoms with E-state index in [9.17, 15) is 5.11 Å². The van der Waals surface area contributed by atoms with E-state index in [1.165, 1.54) is 38.5 Å². The maximum absolute atomic E-state index is 11.1. The van der Waals surface area contributed by atoms with E-state index < -0.39 is 5.60 Å². The van der Waals surface area contributed by atoms with Crippen LogP contribution in [0.2, 0.25) is 0 Å². The molecule has 7 atom stereocenters. The zero-order valence-corrected chi connectivity index (χ0v) is 14.7. The predicted octanol–water partition coefficient (Wildman–Crippen LogP) is 5.03. The number of aliphatic hydroxyl groups is 1. The Morgan fingerprint density at radius 1 is 0.905 bits per heavy atom. The molecule has 0 aliphatic heterocycles. The van der Waals surface area contributed by atoms with Crippen LogP contribution in [0.1, 0.15) is 79.6 Å². The molecule has 4 saturated carbocycles. The first-order chi connectivity index (χ1) is 9.65. The lowest BCUT2D eigenvalue weighted by molar-refractivity contribution is -0.252. The van der Waals surface area contributed by atoms with Gasteiger partial charge in [-0.2, -0.15) is 0 Å². The van der Waals surface area contributed by atoms with E-state index in [2.05, 4.69) is 34.6 Å². The summed E-state index contributed by atoms with van der Waals surface area (Å²) in [6.07, 6.45) is 9.22. The van der Waals surface area contributed by atoms with Crippen LogP contribution in [0, 0.1) is 39.9 Å². The lowest BCUT2D eigenvalue weighted by Crippen LogP contribution is -2.67. The molecule has 0 aromatic rings. The van der Waals surface area contributed by atoms with Gasteiger partial charge < -0.3 is 5.11 Å². The van der Waals surface area contributed by atoms with Crippen LogP contribution in [0.25, 0.3) is 0 Å². The minimum Gasteiger partial charge on any atom is -0.390 e. The van der Waals surface area contributed by atoms with Crippen molar-refractivity contribution in [3.8, 4) is 0 Å². The molecule has 4 aliphatic rings. The van der Waals surface area contributed by atoms with Gasteiger partial charge in [-0.15, -0.1) is 0 Å². The highest BCUT2D eigenvalue weighted by molar-refractivity contribution is 5.21. The van der Waals surface area contributed by atoms with Crippen LogP contribution < -0.4 is 0 Å². The van der Waals surface area contributed by atoms with Gasteiger partial charge in [0.2, 0.25) is 0 Å². The van der Waals surface area contributed by atoms with Crippen molar-refractivity contribution in [1.82, 2.24) is 0 Å². The highest BCUT2D eigenvalue weighted by atomic mass is 16.3. The number of hydrogen-bond acceptors (Lipinski definition) is 1. The van der Waals surface area contributed by atoms with Gasteiger partial charge in [0.25, 0.3) is 0 Å². The third kappa shape index (κ3) is 1.48. The summed E-state index contributed by atoms with van der Waals surface area (Å²) in [6, 6.07) is 0. The molecule has 0 heterocycles. The Morgan fingerprint density at radius 3 is 2.33 bits per heavy atom. The van der Waals surface area contributed by atoms with Gasteiger partial charge in [-0.05, 0) is 91.8 Å². The Labute approximate surface area is 130 Å². The van der Waals surface area contributed by atoms with Crippen molar-refractivity contribution in [2.75, 3.05) is 0 Å². The Bertz CT molecular complexity index is 464. The minimum atomic E-state index is -0.409. The van der Waals surface area contributed by atoms with Crippen molar-refractivity contribution in [3.63, 3.8) is 0 Å². The monoisotopic (exact) mass is 290 g/mol. The Morgan fingerprint density at radius 2 is 1.62 bits per heavy atom. The first kappa shape index (κ1) is 14.5. The molecule has 21 heavy (non-hydrogen) atoms. The normalized spacial score (nSPS) is 61.4. The van der Waals surface area contributed by atoms with Crippen molar-refractivity contribution in [2.24, 2.45) is 39.9 Å². The van der Waals surface area contributed by atoms with E-state index >= 15 is 0 Å². The molecule has 120 valence electrons. The molecule has 1 N–H and O–H groups in total. The van der Waals surface area contributed by atoms with Crippen LogP contribution in [0.15, 0.2) is 0 Å². The summed E-state index contributed by atoms with van der Waals surface area (Å²) in [4.78, 5) is 0. The summed E-state index contributed by atoms with van der Waals surface area (Å²) in [5, 5.41) is 11.1. The van der Waals surface area contributed by atoms with Crippen molar-refractivity contribution in [2.45, 2.75) is 85.2 Å². The van der Waals surface area contributed by atoms with Gasteiger partial charge in [0, 0.05) is 0 Å². The van der Waals surface area contributed by atoms with E-state index in [1.54, 1.807) is 0 Å². The van der Waals surface area contributed by atoms with Crippen molar-refractivity contribution >= 4 is 0 Å². The standard InChI is InChI=1S/C20H34O/c1-13-6-7-14-12-18(4)9-8-15-16(18)20(13,17(14,2)3)11-10-19(15,5)21/h13-16,21H,6-12H2,1-5H3. The summed E-state index contributed by atoms with van der Waals surface area (Å²) in [5.41, 5.74) is 1.05. The molecule has 1 spiro atoms. The maximum Gasteiger partial charge on any atom is 0.0651 e. The van der Waals surface area contributed by atoms with Crippen LogP contribution in [0.4, 0.5) is 0 Å². The molecule has 0 aromatic heterocycles. The smallest absolute Gasteiger partial charge is 0.0651 e. The quantitative estimate of drug-likeness (QED) is 0.663. The molecule has 0 saturated heterocycles. The molecular formula is C20H34O. The average Bonchev–Trinajstić information content (AvgIpc) is 2.72. The molecule has 2 bridgehead atoms. The third-order valence-corrected chi connectivity index (χ3v) is 9.34. The van der Waals surface area contributed by atoms with Crippen LogP contribution in [-0.2, 0) is 0 Å². The van der Waals surface area contributed by atoms with E-state index in [4.69, 9.17) is 0 Å². The van der Waals surface area contributed by atoms with E-state index in [0.29, 0.717) is 22.2 Å². The highest BCUT2D eigenvalue weighted by Gasteiger charge is 2.72. The topological polar surface area (TPSA) is 20.2 Å². The second kappa shape index (κ2) is 3.89. The molecule has 0 aromatic carbocycles. The van der Waals surface area contributed by atoms with Gasteiger partial charge in [-0.1, -0.05) is 27.7 Å². The molecule has 0 radical (unpaired) electrons. The summed E-state index contributed by atoms with van der Waals surface area (Å²) in [5.74, 6) is 3.06. The average molecular weight is 290 g/mol. The number of fused-ring (bicyclic) bond motifs is 1. The van der Waals surface area contributed by atoms with Gasteiger partial charge in [0.1, 0.15) is 0 Å². The Hall–Kier alpha value is -0.0400. The molecular weight excluding hydrogens is 256 g/mol. The second-order valence-electron chi connectivity index (χ2n) is 10.3. The van der Waals surface area contributed by atoms with Crippen LogP contribution in [0.3, 0.4) is 0 Å². The lowest BCUT2D eigenvalue weighted by Gasteiger charge is -2.72. The van der Waals surface area contributed by atoms with Gasteiger partial charge in [0.15, 0.2) is 0 Å². The number of hydrogen-bond donors (Lipinski definition) is 1. The number of rotatable bonds is 0. The maximum atomic E-state index is 11.1. The fraction of sp³-hybridized carbons (Fsp3) is 1.00. The fourth-order valence-electron chi connectivity index (χ4n) is 8.25. The van der Waals surface area contributed by atoms with Gasteiger partial charge in [0.05, 0.1) is 5.60 Å². The molecule has 1 nitrogen and oxygen atoms in total. The molecule has 1 heteroatoms. The van der Waals surface area contributed by atoms with E-state index in [1.807, 2.05) is 0 Å². The summed E-state index contributed by atoms with van der Waals surface area (Å²) >= 11 is 0.